The summed E-state index contributed by atoms with van der Waals surface area (Å²) in [6, 6.07) is 15.5. The van der Waals surface area contributed by atoms with E-state index in [1.54, 1.807) is 22.3 Å². The summed E-state index contributed by atoms with van der Waals surface area (Å²) in [6.07, 6.45) is 3.45. The molecule has 2 aromatic carbocycles. The predicted molar refractivity (Wildman–Crippen MR) is 141 cm³/mol. The molecule has 1 fully saturated rings. The number of para-hydroxylation sites is 1. The second-order valence-corrected chi connectivity index (χ2v) is 9.32. The molecule has 0 radical (unpaired) electrons. The molecule has 2 heterocycles. The molecule has 35 heavy (non-hydrogen) atoms. The first-order valence-electron chi connectivity index (χ1n) is 11.5. The number of allylic oxidation sites excluding steroid dienone is 2. The molecule has 182 valence electrons. The Balaban J connectivity index is 1.44. The number of aliphatic hydroxyl groups excluding tert-OH is 1. The smallest absolute Gasteiger partial charge is 0.251 e. The molecule has 0 unspecified atom stereocenters. The maximum atomic E-state index is 12.0. The van der Waals surface area contributed by atoms with Gasteiger partial charge in [-0.1, -0.05) is 36.1 Å². The van der Waals surface area contributed by atoms with Crippen LogP contribution in [-0.4, -0.2) is 46.3 Å². The molecule has 9 heteroatoms. The first-order valence-corrected chi connectivity index (χ1v) is 12.3. The van der Waals surface area contributed by atoms with Crippen molar-refractivity contribution in [2.24, 2.45) is 16.6 Å². The summed E-state index contributed by atoms with van der Waals surface area (Å²) in [5.41, 5.74) is 8.85. The van der Waals surface area contributed by atoms with Crippen LogP contribution >= 0.6 is 11.3 Å². The van der Waals surface area contributed by atoms with Gasteiger partial charge in [0.2, 0.25) is 5.88 Å². The predicted octanol–water partition coefficient (Wildman–Crippen LogP) is 4.42. The molecule has 1 aliphatic heterocycles. The van der Waals surface area contributed by atoms with E-state index in [4.69, 9.17) is 10.5 Å². The van der Waals surface area contributed by atoms with Crippen LogP contribution in [-0.2, 0) is 4.79 Å². The maximum Gasteiger partial charge on any atom is 0.251 e. The van der Waals surface area contributed by atoms with Gasteiger partial charge in [0.1, 0.15) is 11.9 Å². The summed E-state index contributed by atoms with van der Waals surface area (Å²) in [5, 5.41) is 13.7. The van der Waals surface area contributed by atoms with Crippen molar-refractivity contribution in [3.8, 4) is 5.75 Å². The van der Waals surface area contributed by atoms with Gasteiger partial charge in [0, 0.05) is 30.9 Å². The number of hydrogen-bond acceptors (Lipinski definition) is 8. The molecule has 0 saturated carbocycles. The normalized spacial score (nSPS) is 16.2. The van der Waals surface area contributed by atoms with Crippen molar-refractivity contribution in [2.75, 3.05) is 18.4 Å². The Hall–Kier alpha value is -3.69. The van der Waals surface area contributed by atoms with Crippen LogP contribution in [0.3, 0.4) is 0 Å². The minimum Gasteiger partial charge on any atom is -0.437 e. The molecule has 0 bridgehead atoms. The lowest BCUT2D eigenvalue weighted by Crippen LogP contribution is -2.43. The molecule has 0 aliphatic carbocycles. The first-order chi connectivity index (χ1) is 16.9. The monoisotopic (exact) mass is 491 g/mol. The number of likely N-dealkylation sites (tertiary alicyclic amines) is 1. The number of anilines is 2. The van der Waals surface area contributed by atoms with Crippen molar-refractivity contribution in [1.82, 2.24) is 9.88 Å². The van der Waals surface area contributed by atoms with E-state index in [1.807, 2.05) is 48.5 Å². The third-order valence-corrected chi connectivity index (χ3v) is 6.71. The van der Waals surface area contributed by atoms with E-state index in [0.29, 0.717) is 43.3 Å². The maximum absolute atomic E-state index is 12.0. The molecule has 1 amide bonds. The lowest BCUT2D eigenvalue weighted by molar-refractivity contribution is -0.140. The van der Waals surface area contributed by atoms with Crippen molar-refractivity contribution in [3.05, 3.63) is 72.8 Å². The standard InChI is InChI=1S/C26H29N5O3S/c1-3-14-28-24(23(27)18-12-15-31(16-13-18)25(33)17(2)32)34-20-10-8-19(9-11-20)29-26-30-21-6-4-5-7-22(21)35-26/h3-11,14,17-18,32H,1,12-13,15-16,27H2,2H3,(H,29,30)/b24-23+,28-14-/t17-/m1/s1. The molecule has 3 aromatic rings. The molecular formula is C26H29N5O3S. The van der Waals surface area contributed by atoms with Crippen LogP contribution in [0.15, 0.2) is 77.8 Å². The van der Waals surface area contributed by atoms with Crippen molar-refractivity contribution in [3.63, 3.8) is 0 Å². The largest absolute Gasteiger partial charge is 0.437 e. The SMILES string of the molecule is C=C/C=N\C(Oc1ccc(Nc2nc3ccccc3s2)cc1)=C(/N)C1CCN(C(=O)[C@@H](C)O)CC1. The van der Waals surface area contributed by atoms with Crippen LogP contribution in [0, 0.1) is 5.92 Å². The summed E-state index contributed by atoms with van der Waals surface area (Å²) in [5.74, 6) is 0.675. The number of carbonyl (C=O) groups excluding carboxylic acids is 1. The van der Waals surface area contributed by atoms with Gasteiger partial charge in [-0.2, -0.15) is 0 Å². The molecule has 4 rings (SSSR count). The Morgan fingerprint density at radius 2 is 2.00 bits per heavy atom. The van der Waals surface area contributed by atoms with Crippen LogP contribution in [0.1, 0.15) is 19.8 Å². The zero-order valence-electron chi connectivity index (χ0n) is 19.6. The minimum atomic E-state index is -0.998. The van der Waals surface area contributed by atoms with E-state index >= 15 is 0 Å². The number of rotatable bonds is 8. The number of aliphatic hydroxyl groups is 1. The molecule has 1 aliphatic rings. The zero-order valence-corrected chi connectivity index (χ0v) is 20.4. The van der Waals surface area contributed by atoms with Crippen LogP contribution < -0.4 is 15.8 Å². The Morgan fingerprint density at radius 1 is 1.29 bits per heavy atom. The quantitative estimate of drug-likeness (QED) is 0.318. The van der Waals surface area contributed by atoms with Gasteiger partial charge in [-0.25, -0.2) is 9.98 Å². The highest BCUT2D eigenvalue weighted by molar-refractivity contribution is 7.22. The Bertz CT molecular complexity index is 1210. The molecular weight excluding hydrogens is 462 g/mol. The van der Waals surface area contributed by atoms with Crippen molar-refractivity contribution >= 4 is 44.5 Å². The first kappa shape index (κ1) is 24.4. The third-order valence-electron chi connectivity index (χ3n) is 5.76. The van der Waals surface area contributed by atoms with Gasteiger partial charge in [0.25, 0.3) is 5.91 Å². The number of hydrogen-bond donors (Lipinski definition) is 3. The number of fused-ring (bicyclic) bond motifs is 1. The molecule has 4 N–H and O–H groups in total. The number of benzene rings is 2. The summed E-state index contributed by atoms with van der Waals surface area (Å²) >= 11 is 1.59. The number of amides is 1. The third kappa shape index (κ3) is 6.06. The highest BCUT2D eigenvalue weighted by atomic mass is 32.1. The van der Waals surface area contributed by atoms with Gasteiger partial charge in [-0.3, -0.25) is 4.79 Å². The van der Waals surface area contributed by atoms with Crippen LogP contribution in [0.25, 0.3) is 10.2 Å². The molecule has 0 spiro atoms. The lowest BCUT2D eigenvalue weighted by Gasteiger charge is -2.33. The number of nitrogens with one attached hydrogen (secondary N) is 1. The molecule has 1 saturated heterocycles. The number of aliphatic imine (C=N–C) groups is 1. The lowest BCUT2D eigenvalue weighted by atomic mass is 9.93. The van der Waals surface area contributed by atoms with Gasteiger partial charge in [0.05, 0.1) is 15.9 Å². The van der Waals surface area contributed by atoms with Crippen molar-refractivity contribution < 1.29 is 14.6 Å². The number of nitrogens with zero attached hydrogens (tertiary/aromatic N) is 3. The summed E-state index contributed by atoms with van der Waals surface area (Å²) < 4.78 is 7.17. The van der Waals surface area contributed by atoms with Crippen molar-refractivity contribution in [1.29, 1.82) is 0 Å². The Morgan fingerprint density at radius 3 is 2.66 bits per heavy atom. The van der Waals surface area contributed by atoms with Gasteiger partial charge in [0.15, 0.2) is 5.13 Å². The number of piperidine rings is 1. The van der Waals surface area contributed by atoms with Crippen molar-refractivity contribution in [2.45, 2.75) is 25.9 Å². The highest BCUT2D eigenvalue weighted by Crippen LogP contribution is 2.30. The topological polar surface area (TPSA) is 113 Å². The Labute approximate surface area is 208 Å². The number of nitrogens with two attached hydrogens (primary N) is 1. The summed E-state index contributed by atoms with van der Waals surface area (Å²) in [6.45, 7) is 6.21. The number of aromatic nitrogens is 1. The number of thiazole rings is 1. The van der Waals surface area contributed by atoms with E-state index in [0.717, 1.165) is 21.0 Å². The Kier molecular flexibility index (Phi) is 7.79. The fourth-order valence-corrected chi connectivity index (χ4v) is 4.78. The van der Waals surface area contributed by atoms with E-state index in [9.17, 15) is 9.90 Å². The van der Waals surface area contributed by atoms with Gasteiger partial charge >= 0.3 is 0 Å². The van der Waals surface area contributed by atoms with Gasteiger partial charge < -0.3 is 25.8 Å². The highest BCUT2D eigenvalue weighted by Gasteiger charge is 2.28. The average molecular weight is 492 g/mol. The summed E-state index contributed by atoms with van der Waals surface area (Å²) in [4.78, 5) is 22.7. The fraction of sp³-hybridized carbons (Fsp3) is 0.269. The minimum absolute atomic E-state index is 0.0185. The van der Waals surface area contributed by atoms with Crippen LogP contribution in [0.2, 0.25) is 0 Å². The van der Waals surface area contributed by atoms with E-state index in [2.05, 4.69) is 21.9 Å². The zero-order chi connectivity index (χ0) is 24.8. The second kappa shape index (κ2) is 11.2. The average Bonchev–Trinajstić information content (AvgIpc) is 3.29. The van der Waals surface area contributed by atoms with E-state index in [-0.39, 0.29) is 11.8 Å². The van der Waals surface area contributed by atoms with Gasteiger partial charge in [-0.05, 0) is 56.2 Å². The summed E-state index contributed by atoms with van der Waals surface area (Å²) in [7, 11) is 0. The molecule has 1 aromatic heterocycles. The van der Waals surface area contributed by atoms with Gasteiger partial charge in [-0.15, -0.1) is 0 Å². The molecule has 8 nitrogen and oxygen atoms in total. The second-order valence-electron chi connectivity index (χ2n) is 8.29. The fourth-order valence-electron chi connectivity index (χ4n) is 3.90. The molecule has 1 atom stereocenters. The van der Waals surface area contributed by atoms with Crippen LogP contribution in [0.5, 0.6) is 5.75 Å². The van der Waals surface area contributed by atoms with E-state index < -0.39 is 6.10 Å². The number of carbonyl (C=O) groups is 1. The van der Waals surface area contributed by atoms with Crippen LogP contribution in [0.4, 0.5) is 10.8 Å². The van der Waals surface area contributed by atoms with E-state index in [1.165, 1.54) is 13.1 Å². The number of ether oxygens (including phenoxy) is 1.